The van der Waals surface area contributed by atoms with Crippen molar-refractivity contribution in [2.75, 3.05) is 11.9 Å². The molecule has 0 fully saturated rings. The van der Waals surface area contributed by atoms with Crippen LogP contribution in [0.15, 0.2) is 12.1 Å². The Morgan fingerprint density at radius 3 is 2.43 bits per heavy atom. The van der Waals surface area contributed by atoms with Gasteiger partial charge in [0.1, 0.15) is 5.69 Å². The minimum absolute atomic E-state index is 0.193. The predicted octanol–water partition coefficient (Wildman–Crippen LogP) is 3.78. The lowest BCUT2D eigenvalue weighted by molar-refractivity contribution is 0.0943. The second kappa shape index (κ2) is 8.17. The molecule has 6 heteroatoms. The first kappa shape index (κ1) is 20.1. The number of hydrogen-bond acceptors (Lipinski definition) is 3. The van der Waals surface area contributed by atoms with Crippen LogP contribution < -0.4 is 10.6 Å². The number of amides is 2. The van der Waals surface area contributed by atoms with Crippen molar-refractivity contribution in [2.45, 2.75) is 60.4 Å². The summed E-state index contributed by atoms with van der Waals surface area (Å²) in [5, 5.41) is 5.95. The van der Waals surface area contributed by atoms with Gasteiger partial charge in [-0.15, -0.1) is 0 Å². The number of benzene rings is 1. The topological polar surface area (TPSA) is 76.0 Å². The lowest BCUT2D eigenvalue weighted by Gasteiger charge is -2.18. The van der Waals surface area contributed by atoms with Crippen molar-refractivity contribution in [3.63, 3.8) is 0 Å². The molecule has 1 aromatic heterocycles. The van der Waals surface area contributed by atoms with Crippen molar-refractivity contribution in [1.29, 1.82) is 0 Å². The van der Waals surface area contributed by atoms with E-state index in [1.165, 1.54) is 0 Å². The highest BCUT2D eigenvalue weighted by atomic mass is 16.2. The standard InChI is InChI=1S/C22H30N4O2/c1-13(2)12-23-21(27)19-17-8-6-7-9-26(17)20(24-19)22(28)25-18-15(4)10-14(3)11-16(18)5/h10-11,13H,6-9,12H2,1-5H3,(H,23,27)(H,25,28). The van der Waals surface area contributed by atoms with Gasteiger partial charge in [-0.05, 0) is 57.1 Å². The van der Waals surface area contributed by atoms with Gasteiger partial charge in [0.25, 0.3) is 11.8 Å². The van der Waals surface area contributed by atoms with E-state index in [9.17, 15) is 9.59 Å². The molecule has 0 radical (unpaired) electrons. The summed E-state index contributed by atoms with van der Waals surface area (Å²) in [5.74, 6) is 0.226. The van der Waals surface area contributed by atoms with Crippen LogP contribution in [0.25, 0.3) is 0 Å². The molecule has 3 rings (SSSR count). The Balaban J connectivity index is 1.91. The molecule has 0 atom stereocenters. The summed E-state index contributed by atoms with van der Waals surface area (Å²) in [5.41, 5.74) is 5.28. The highest BCUT2D eigenvalue weighted by Gasteiger charge is 2.27. The van der Waals surface area contributed by atoms with Crippen molar-refractivity contribution in [3.8, 4) is 0 Å². The molecule has 0 unspecified atom stereocenters. The molecule has 1 aliphatic rings. The van der Waals surface area contributed by atoms with Crippen LogP contribution in [0, 0.1) is 26.7 Å². The Morgan fingerprint density at radius 1 is 1.11 bits per heavy atom. The highest BCUT2D eigenvalue weighted by Crippen LogP contribution is 2.25. The van der Waals surface area contributed by atoms with Gasteiger partial charge in [0.2, 0.25) is 0 Å². The molecule has 2 aromatic rings. The monoisotopic (exact) mass is 382 g/mol. The summed E-state index contributed by atoms with van der Waals surface area (Å²) in [4.78, 5) is 30.2. The Hall–Kier alpha value is -2.63. The fourth-order valence-electron chi connectivity index (χ4n) is 3.83. The molecule has 1 aromatic carbocycles. The first-order valence-corrected chi connectivity index (χ1v) is 10.0. The Kier molecular flexibility index (Phi) is 5.87. The van der Waals surface area contributed by atoms with Gasteiger partial charge in [-0.2, -0.15) is 0 Å². The molecule has 2 N–H and O–H groups in total. The normalized spacial score (nSPS) is 13.4. The van der Waals surface area contributed by atoms with Crippen LogP contribution in [-0.2, 0) is 13.0 Å². The summed E-state index contributed by atoms with van der Waals surface area (Å²) in [6, 6.07) is 4.10. The zero-order valence-corrected chi connectivity index (χ0v) is 17.5. The Morgan fingerprint density at radius 2 is 1.79 bits per heavy atom. The number of aromatic nitrogens is 2. The van der Waals surface area contributed by atoms with E-state index < -0.39 is 0 Å². The summed E-state index contributed by atoms with van der Waals surface area (Å²) in [7, 11) is 0. The molecule has 0 aliphatic carbocycles. The number of nitrogens with one attached hydrogen (secondary N) is 2. The van der Waals surface area contributed by atoms with Crippen LogP contribution in [0.2, 0.25) is 0 Å². The summed E-state index contributed by atoms with van der Waals surface area (Å²) < 4.78 is 1.92. The smallest absolute Gasteiger partial charge is 0.291 e. The fraction of sp³-hybridized carbons (Fsp3) is 0.500. The zero-order chi connectivity index (χ0) is 20.4. The molecule has 150 valence electrons. The quantitative estimate of drug-likeness (QED) is 0.826. The molecule has 28 heavy (non-hydrogen) atoms. The van der Waals surface area contributed by atoms with Crippen LogP contribution >= 0.6 is 0 Å². The number of nitrogens with zero attached hydrogens (tertiary/aromatic N) is 2. The van der Waals surface area contributed by atoms with Crippen molar-refractivity contribution >= 4 is 17.5 Å². The van der Waals surface area contributed by atoms with Crippen LogP contribution in [0.1, 0.15) is 70.2 Å². The van der Waals surface area contributed by atoms with Crippen molar-refractivity contribution in [2.24, 2.45) is 5.92 Å². The average molecular weight is 383 g/mol. The van der Waals surface area contributed by atoms with Gasteiger partial charge in [0.05, 0.1) is 5.69 Å². The molecule has 6 nitrogen and oxygen atoms in total. The van der Waals surface area contributed by atoms with Crippen LogP contribution in [0.5, 0.6) is 0 Å². The third-order valence-corrected chi connectivity index (χ3v) is 5.12. The first-order valence-electron chi connectivity index (χ1n) is 10.0. The summed E-state index contributed by atoms with van der Waals surface area (Å²) in [6.07, 6.45) is 2.76. The third kappa shape index (κ3) is 4.11. The molecule has 2 heterocycles. The Labute approximate surface area is 166 Å². The van der Waals surface area contributed by atoms with E-state index in [0.29, 0.717) is 30.5 Å². The molecule has 2 amide bonds. The molecular weight excluding hydrogens is 352 g/mol. The maximum atomic E-state index is 13.1. The molecule has 0 spiro atoms. The van der Waals surface area contributed by atoms with Gasteiger partial charge in [-0.1, -0.05) is 31.5 Å². The number of carbonyl (C=O) groups is 2. The van der Waals surface area contributed by atoms with Crippen LogP contribution in [-0.4, -0.2) is 27.9 Å². The van der Waals surface area contributed by atoms with E-state index in [1.54, 1.807) is 0 Å². The number of imidazole rings is 1. The molecule has 0 bridgehead atoms. The predicted molar refractivity (Wildman–Crippen MR) is 111 cm³/mol. The Bertz CT molecular complexity index is 888. The summed E-state index contributed by atoms with van der Waals surface area (Å²) in [6.45, 7) is 11.4. The average Bonchev–Trinajstić information content (AvgIpc) is 3.02. The first-order chi connectivity index (χ1) is 13.3. The maximum absolute atomic E-state index is 13.1. The number of aryl methyl sites for hydroxylation is 3. The van der Waals surface area contributed by atoms with Gasteiger partial charge >= 0.3 is 0 Å². The second-order valence-corrected chi connectivity index (χ2v) is 8.17. The number of fused-ring (bicyclic) bond motifs is 1. The minimum atomic E-state index is -0.263. The molecule has 1 aliphatic heterocycles. The SMILES string of the molecule is Cc1cc(C)c(NC(=O)c2nc(C(=O)NCC(C)C)c3n2CCCC3)c(C)c1. The fourth-order valence-corrected chi connectivity index (χ4v) is 3.83. The summed E-state index contributed by atoms with van der Waals surface area (Å²) >= 11 is 0. The van der Waals surface area contributed by atoms with E-state index in [4.69, 9.17) is 0 Å². The molecule has 0 saturated carbocycles. The van der Waals surface area contributed by atoms with Gasteiger partial charge in [-0.25, -0.2) is 4.98 Å². The van der Waals surface area contributed by atoms with E-state index in [1.807, 2.05) is 39.2 Å². The largest absolute Gasteiger partial charge is 0.350 e. The molecule has 0 saturated heterocycles. The van der Waals surface area contributed by atoms with Crippen LogP contribution in [0.4, 0.5) is 5.69 Å². The van der Waals surface area contributed by atoms with Crippen molar-refractivity contribution in [1.82, 2.24) is 14.9 Å². The number of carbonyl (C=O) groups excluding carboxylic acids is 2. The van der Waals surface area contributed by atoms with Gasteiger partial charge in [-0.3, -0.25) is 9.59 Å². The van der Waals surface area contributed by atoms with Gasteiger partial charge in [0, 0.05) is 18.8 Å². The second-order valence-electron chi connectivity index (χ2n) is 8.17. The van der Waals surface area contributed by atoms with Crippen molar-refractivity contribution in [3.05, 3.63) is 46.0 Å². The van der Waals surface area contributed by atoms with Gasteiger partial charge in [0.15, 0.2) is 5.82 Å². The number of anilines is 1. The highest BCUT2D eigenvalue weighted by molar-refractivity contribution is 6.04. The van der Waals surface area contributed by atoms with E-state index in [2.05, 4.69) is 27.8 Å². The lowest BCUT2D eigenvalue weighted by atomic mass is 10.1. The van der Waals surface area contributed by atoms with E-state index in [-0.39, 0.29) is 11.8 Å². The van der Waals surface area contributed by atoms with E-state index >= 15 is 0 Å². The molecular formula is C22H30N4O2. The van der Waals surface area contributed by atoms with E-state index in [0.717, 1.165) is 47.3 Å². The zero-order valence-electron chi connectivity index (χ0n) is 17.5. The third-order valence-electron chi connectivity index (χ3n) is 5.12. The van der Waals surface area contributed by atoms with Crippen molar-refractivity contribution < 1.29 is 9.59 Å². The number of hydrogen-bond donors (Lipinski definition) is 2. The number of rotatable bonds is 5. The van der Waals surface area contributed by atoms with Gasteiger partial charge < -0.3 is 15.2 Å². The van der Waals surface area contributed by atoms with Crippen LogP contribution in [0.3, 0.4) is 0 Å². The minimum Gasteiger partial charge on any atom is -0.350 e. The lowest BCUT2D eigenvalue weighted by Crippen LogP contribution is -2.29. The maximum Gasteiger partial charge on any atom is 0.291 e.